The Labute approximate surface area is 182 Å². The van der Waals surface area contributed by atoms with Crippen molar-refractivity contribution in [3.05, 3.63) is 91.3 Å². The van der Waals surface area contributed by atoms with Gasteiger partial charge in [0.15, 0.2) is 0 Å². The van der Waals surface area contributed by atoms with Crippen LogP contribution in [0.2, 0.25) is 0 Å². The number of hydrogen-bond acceptors (Lipinski definition) is 4. The molecule has 1 atom stereocenters. The molecule has 164 valence electrons. The number of aromatic hydroxyl groups is 2. The van der Waals surface area contributed by atoms with Crippen LogP contribution in [0.3, 0.4) is 0 Å². The highest BCUT2D eigenvalue weighted by Gasteiger charge is 2.28. The fraction of sp³-hybridized carbons (Fsp3) is 0.360. The van der Waals surface area contributed by atoms with Gasteiger partial charge in [-0.2, -0.15) is 0 Å². The van der Waals surface area contributed by atoms with E-state index in [1.54, 1.807) is 29.0 Å². The van der Waals surface area contributed by atoms with Gasteiger partial charge in [-0.25, -0.2) is 0 Å². The second-order valence-corrected chi connectivity index (χ2v) is 7.82. The molecule has 6 heteroatoms. The number of aryl methyl sites for hydroxylation is 2. The predicted molar refractivity (Wildman–Crippen MR) is 122 cm³/mol. The van der Waals surface area contributed by atoms with Crippen LogP contribution < -0.4 is 11.1 Å². The molecule has 1 unspecified atom stereocenters. The molecule has 3 rings (SSSR count). The number of rotatable bonds is 7. The molecule has 0 bridgehead atoms. The van der Waals surface area contributed by atoms with Crippen LogP contribution in [0.1, 0.15) is 54.3 Å². The van der Waals surface area contributed by atoms with E-state index in [1.165, 1.54) is 6.07 Å². The van der Waals surface area contributed by atoms with Gasteiger partial charge in [0.2, 0.25) is 0 Å². The Morgan fingerprint density at radius 3 is 2.10 bits per heavy atom. The molecule has 31 heavy (non-hydrogen) atoms. The largest absolute Gasteiger partial charge is 0.507 e. The normalized spacial score (nSPS) is 12.1. The number of nitrogens with zero attached hydrogens (tertiary/aromatic N) is 2. The van der Waals surface area contributed by atoms with Gasteiger partial charge in [-0.05, 0) is 52.2 Å². The maximum absolute atomic E-state index is 13.4. The van der Waals surface area contributed by atoms with E-state index in [0.717, 1.165) is 5.56 Å². The first-order valence-corrected chi connectivity index (χ1v) is 10.7. The Morgan fingerprint density at radius 1 is 0.871 bits per heavy atom. The van der Waals surface area contributed by atoms with Crippen molar-refractivity contribution in [2.24, 2.45) is 0 Å². The van der Waals surface area contributed by atoms with Gasteiger partial charge >= 0.3 is 0 Å². The topological polar surface area (TPSA) is 84.5 Å². The average molecular weight is 423 g/mol. The third-order valence-electron chi connectivity index (χ3n) is 6.01. The molecule has 6 nitrogen and oxygen atoms in total. The number of aromatic nitrogens is 2. The molecule has 0 fully saturated rings. The second kappa shape index (κ2) is 9.25. The van der Waals surface area contributed by atoms with E-state index >= 15 is 0 Å². The summed E-state index contributed by atoms with van der Waals surface area (Å²) in [6.07, 6.45) is 1.14. The van der Waals surface area contributed by atoms with Gasteiger partial charge in [-0.15, -0.1) is 0 Å². The van der Waals surface area contributed by atoms with E-state index in [9.17, 15) is 19.8 Å². The minimum Gasteiger partial charge on any atom is -0.507 e. The fourth-order valence-corrected chi connectivity index (χ4v) is 4.47. The maximum atomic E-state index is 13.4. The third kappa shape index (κ3) is 4.29. The van der Waals surface area contributed by atoms with Crippen LogP contribution in [0.5, 0.6) is 11.5 Å². The first-order valence-electron chi connectivity index (χ1n) is 10.7. The monoisotopic (exact) mass is 422 g/mol. The lowest BCUT2D eigenvalue weighted by Crippen LogP contribution is -2.29. The van der Waals surface area contributed by atoms with Gasteiger partial charge < -0.3 is 19.3 Å². The van der Waals surface area contributed by atoms with Crippen molar-refractivity contribution in [1.82, 2.24) is 9.13 Å². The van der Waals surface area contributed by atoms with E-state index in [0.29, 0.717) is 42.9 Å². The Kier molecular flexibility index (Phi) is 6.68. The Hall–Kier alpha value is -3.28. The summed E-state index contributed by atoms with van der Waals surface area (Å²) >= 11 is 0. The van der Waals surface area contributed by atoms with Crippen LogP contribution in [0.25, 0.3) is 0 Å². The number of benzene rings is 1. The fourth-order valence-electron chi connectivity index (χ4n) is 4.47. The highest BCUT2D eigenvalue weighted by Crippen LogP contribution is 2.38. The van der Waals surface area contributed by atoms with Crippen molar-refractivity contribution in [2.75, 3.05) is 0 Å². The lowest BCUT2D eigenvalue weighted by molar-refractivity contribution is 0.440. The van der Waals surface area contributed by atoms with Gasteiger partial charge in [0.1, 0.15) is 11.5 Å². The standard InChI is InChI=1S/C25H30N2O4/c1-5-26-16(3)14-20(28)24(25(26)31)19(13-12-18-10-8-7-9-11-18)23-17(4)27(6-2)22(30)15-21(23)29/h7-11,14-15,19,28-29H,5-6,12-13H2,1-4H3. The van der Waals surface area contributed by atoms with Crippen LogP contribution in [0.4, 0.5) is 0 Å². The highest BCUT2D eigenvalue weighted by molar-refractivity contribution is 5.48. The molecule has 2 heterocycles. The molecule has 0 aliphatic carbocycles. The molecule has 1 aromatic carbocycles. The molecule has 0 spiro atoms. The molecule has 0 saturated heterocycles. The van der Waals surface area contributed by atoms with Crippen LogP contribution >= 0.6 is 0 Å². The summed E-state index contributed by atoms with van der Waals surface area (Å²) in [5.74, 6) is -0.796. The Morgan fingerprint density at radius 2 is 1.48 bits per heavy atom. The lowest BCUT2D eigenvalue weighted by atomic mass is 9.84. The third-order valence-corrected chi connectivity index (χ3v) is 6.01. The van der Waals surface area contributed by atoms with Gasteiger partial charge in [0.05, 0.1) is 5.56 Å². The molecule has 2 aromatic heterocycles. The minimum absolute atomic E-state index is 0.0849. The minimum atomic E-state index is -0.565. The van der Waals surface area contributed by atoms with Gasteiger partial charge in [-0.3, -0.25) is 9.59 Å². The summed E-state index contributed by atoms with van der Waals surface area (Å²) in [6.45, 7) is 8.23. The van der Waals surface area contributed by atoms with Crippen LogP contribution in [0.15, 0.2) is 52.1 Å². The zero-order valence-corrected chi connectivity index (χ0v) is 18.6. The summed E-state index contributed by atoms with van der Waals surface area (Å²) in [5.41, 5.74) is 2.58. The molecular weight excluding hydrogens is 392 g/mol. The number of pyridine rings is 2. The highest BCUT2D eigenvalue weighted by atomic mass is 16.3. The van der Waals surface area contributed by atoms with Crippen LogP contribution in [-0.2, 0) is 19.5 Å². The molecule has 3 aromatic rings. The van der Waals surface area contributed by atoms with Crippen molar-refractivity contribution in [2.45, 2.75) is 59.5 Å². The van der Waals surface area contributed by atoms with E-state index < -0.39 is 5.92 Å². The molecular formula is C25H30N2O4. The van der Waals surface area contributed by atoms with Gasteiger partial charge in [-0.1, -0.05) is 30.3 Å². The van der Waals surface area contributed by atoms with Crippen LogP contribution in [0, 0.1) is 13.8 Å². The van der Waals surface area contributed by atoms with Crippen molar-refractivity contribution >= 4 is 0 Å². The first-order chi connectivity index (χ1) is 14.8. The number of hydrogen-bond donors (Lipinski definition) is 2. The van der Waals surface area contributed by atoms with E-state index in [4.69, 9.17) is 0 Å². The van der Waals surface area contributed by atoms with Crippen LogP contribution in [-0.4, -0.2) is 19.3 Å². The Bertz CT molecular complexity index is 1190. The molecule has 2 N–H and O–H groups in total. The lowest BCUT2D eigenvalue weighted by Gasteiger charge is -2.24. The van der Waals surface area contributed by atoms with E-state index in [-0.39, 0.29) is 28.2 Å². The molecule has 0 aliphatic heterocycles. The molecule has 0 saturated carbocycles. The zero-order chi connectivity index (χ0) is 22.7. The van der Waals surface area contributed by atoms with E-state index in [2.05, 4.69) is 0 Å². The molecule has 0 aliphatic rings. The smallest absolute Gasteiger partial charge is 0.258 e. The zero-order valence-electron chi connectivity index (χ0n) is 18.6. The first kappa shape index (κ1) is 22.4. The summed E-state index contributed by atoms with van der Waals surface area (Å²) < 4.78 is 3.20. The Balaban J connectivity index is 2.25. The average Bonchev–Trinajstić information content (AvgIpc) is 2.72. The summed E-state index contributed by atoms with van der Waals surface area (Å²) in [6, 6.07) is 12.7. The van der Waals surface area contributed by atoms with Crippen molar-refractivity contribution in [1.29, 1.82) is 0 Å². The molecule has 0 amide bonds. The van der Waals surface area contributed by atoms with Crippen molar-refractivity contribution in [3.8, 4) is 11.5 Å². The van der Waals surface area contributed by atoms with Gasteiger partial charge in [0.25, 0.3) is 11.1 Å². The van der Waals surface area contributed by atoms with Gasteiger partial charge in [0, 0.05) is 42.0 Å². The molecule has 0 radical (unpaired) electrons. The maximum Gasteiger partial charge on any atom is 0.258 e. The second-order valence-electron chi connectivity index (χ2n) is 7.82. The summed E-state index contributed by atoms with van der Waals surface area (Å²) in [4.78, 5) is 25.7. The van der Waals surface area contributed by atoms with Crippen molar-refractivity contribution in [3.63, 3.8) is 0 Å². The predicted octanol–water partition coefficient (Wildman–Crippen LogP) is 3.84. The van der Waals surface area contributed by atoms with Crippen molar-refractivity contribution < 1.29 is 10.2 Å². The summed E-state index contributed by atoms with van der Waals surface area (Å²) in [5, 5.41) is 21.6. The quantitative estimate of drug-likeness (QED) is 0.606. The van der Waals surface area contributed by atoms with E-state index in [1.807, 2.05) is 44.2 Å². The SMILES string of the molecule is CCn1c(C)c(C(CCc2ccccc2)c2c(O)cc(C)n(CC)c2=O)c(O)cc1=O. The summed E-state index contributed by atoms with van der Waals surface area (Å²) in [7, 11) is 0.